The summed E-state index contributed by atoms with van der Waals surface area (Å²) < 4.78 is 1.43. The number of aromatic nitrogens is 4. The zero-order valence-corrected chi connectivity index (χ0v) is 6.75. The predicted molar refractivity (Wildman–Crippen MR) is 48.0 cm³/mol. The van der Waals surface area contributed by atoms with E-state index in [4.69, 9.17) is 11.5 Å². The number of anilines is 2. The molecule has 0 aliphatic heterocycles. The van der Waals surface area contributed by atoms with Crippen molar-refractivity contribution in [3.05, 3.63) is 24.4 Å². The minimum absolute atomic E-state index is 0.364. The van der Waals surface area contributed by atoms with E-state index in [1.165, 1.54) is 4.68 Å². The molecule has 4 N–H and O–H groups in total. The Hall–Kier alpha value is -2.11. The van der Waals surface area contributed by atoms with Gasteiger partial charge in [0.05, 0.1) is 0 Å². The van der Waals surface area contributed by atoms with E-state index in [-0.39, 0.29) is 0 Å². The predicted octanol–water partition coefficient (Wildman–Crippen LogP) is -0.173. The summed E-state index contributed by atoms with van der Waals surface area (Å²) in [7, 11) is 0. The molecule has 2 rings (SSSR count). The van der Waals surface area contributed by atoms with Crippen LogP contribution in [0.5, 0.6) is 0 Å². The van der Waals surface area contributed by atoms with Crippen LogP contribution in [0.3, 0.4) is 0 Å². The van der Waals surface area contributed by atoms with E-state index in [1.54, 1.807) is 24.4 Å². The Bertz CT molecular complexity index is 406. The fraction of sp³-hybridized carbons (Fsp3) is 0. The van der Waals surface area contributed by atoms with Gasteiger partial charge in [0.1, 0.15) is 11.6 Å². The van der Waals surface area contributed by atoms with Crippen molar-refractivity contribution >= 4 is 11.6 Å². The number of hydrogen-bond acceptors (Lipinski definition) is 5. The van der Waals surface area contributed by atoms with Crippen LogP contribution in [0, 0.1) is 0 Å². The van der Waals surface area contributed by atoms with E-state index in [9.17, 15) is 0 Å². The van der Waals surface area contributed by atoms with Crippen molar-refractivity contribution in [2.75, 3.05) is 11.5 Å². The van der Waals surface area contributed by atoms with E-state index >= 15 is 0 Å². The summed E-state index contributed by atoms with van der Waals surface area (Å²) in [6, 6.07) is 5.06. The first-order chi connectivity index (χ1) is 6.27. The van der Waals surface area contributed by atoms with Crippen LogP contribution in [-0.2, 0) is 0 Å². The largest absolute Gasteiger partial charge is 0.383 e. The normalized spacial score (nSPS) is 10.2. The van der Waals surface area contributed by atoms with Crippen LogP contribution in [0.25, 0.3) is 5.82 Å². The monoisotopic (exact) mass is 176 g/mol. The molecule has 6 heteroatoms. The molecule has 0 saturated carbocycles. The molecular formula is C7H8N6. The van der Waals surface area contributed by atoms with Crippen molar-refractivity contribution in [2.45, 2.75) is 0 Å². The van der Waals surface area contributed by atoms with Crippen LogP contribution in [-0.4, -0.2) is 20.0 Å². The molecule has 0 amide bonds. The summed E-state index contributed by atoms with van der Waals surface area (Å²) in [6.07, 6.45) is 1.58. The molecule has 0 fully saturated rings. The number of nitrogen functional groups attached to an aromatic ring is 2. The first-order valence-electron chi connectivity index (χ1n) is 3.66. The molecule has 0 atom stereocenters. The molecular weight excluding hydrogens is 168 g/mol. The highest BCUT2D eigenvalue weighted by atomic mass is 15.4. The first kappa shape index (κ1) is 7.53. The van der Waals surface area contributed by atoms with Gasteiger partial charge in [-0.3, -0.25) is 0 Å². The molecule has 0 aliphatic carbocycles. The van der Waals surface area contributed by atoms with Crippen molar-refractivity contribution in [2.24, 2.45) is 0 Å². The molecule has 2 aromatic heterocycles. The third kappa shape index (κ3) is 1.28. The second kappa shape index (κ2) is 2.74. The van der Waals surface area contributed by atoms with E-state index in [0.29, 0.717) is 17.5 Å². The Morgan fingerprint density at radius 3 is 2.69 bits per heavy atom. The standard InChI is InChI=1S/C7H8N6/c8-5-4-6(9)13(12-5)7-2-1-3-10-11-7/h1-4H,9H2,(H2,8,12). The summed E-state index contributed by atoms with van der Waals surface area (Å²) in [5.41, 5.74) is 11.1. The molecule has 0 saturated heterocycles. The summed E-state index contributed by atoms with van der Waals surface area (Å²) in [5.74, 6) is 1.36. The van der Waals surface area contributed by atoms with Gasteiger partial charge >= 0.3 is 0 Å². The topological polar surface area (TPSA) is 95.6 Å². The van der Waals surface area contributed by atoms with Crippen molar-refractivity contribution in [3.8, 4) is 5.82 Å². The highest BCUT2D eigenvalue weighted by Crippen LogP contribution is 2.11. The highest BCUT2D eigenvalue weighted by molar-refractivity contribution is 5.46. The quantitative estimate of drug-likeness (QED) is 0.628. The van der Waals surface area contributed by atoms with Crippen molar-refractivity contribution in [3.63, 3.8) is 0 Å². The van der Waals surface area contributed by atoms with Crippen molar-refractivity contribution < 1.29 is 0 Å². The molecule has 0 aliphatic rings. The van der Waals surface area contributed by atoms with E-state index < -0.39 is 0 Å². The Morgan fingerprint density at radius 1 is 1.31 bits per heavy atom. The third-order valence-corrected chi connectivity index (χ3v) is 1.53. The maximum absolute atomic E-state index is 5.63. The summed E-state index contributed by atoms with van der Waals surface area (Å²) in [6.45, 7) is 0. The van der Waals surface area contributed by atoms with Crippen LogP contribution in [0.4, 0.5) is 11.6 Å². The van der Waals surface area contributed by atoms with Crippen molar-refractivity contribution in [1.82, 2.24) is 20.0 Å². The lowest BCUT2D eigenvalue weighted by Gasteiger charge is -1.99. The van der Waals surface area contributed by atoms with Gasteiger partial charge < -0.3 is 11.5 Å². The molecule has 0 spiro atoms. The Kier molecular flexibility index (Phi) is 1.59. The molecule has 6 nitrogen and oxygen atoms in total. The van der Waals surface area contributed by atoms with Gasteiger partial charge in [-0.05, 0) is 12.1 Å². The maximum atomic E-state index is 5.63. The molecule has 2 heterocycles. The van der Waals surface area contributed by atoms with E-state index in [2.05, 4.69) is 15.3 Å². The van der Waals surface area contributed by atoms with Gasteiger partial charge in [-0.25, -0.2) is 0 Å². The number of rotatable bonds is 1. The number of hydrogen-bond donors (Lipinski definition) is 2. The number of nitrogens with zero attached hydrogens (tertiary/aromatic N) is 4. The SMILES string of the molecule is Nc1cc(N)n(-c2cccnn2)n1. The Balaban J connectivity index is 2.53. The van der Waals surface area contributed by atoms with Gasteiger partial charge in [0.25, 0.3) is 0 Å². The molecule has 2 aromatic rings. The van der Waals surface area contributed by atoms with Crippen LogP contribution < -0.4 is 11.5 Å². The van der Waals surface area contributed by atoms with Gasteiger partial charge in [-0.15, -0.1) is 10.2 Å². The van der Waals surface area contributed by atoms with E-state index in [0.717, 1.165) is 0 Å². The van der Waals surface area contributed by atoms with Crippen LogP contribution in [0.2, 0.25) is 0 Å². The molecule has 66 valence electrons. The molecule has 0 unspecified atom stereocenters. The highest BCUT2D eigenvalue weighted by Gasteiger charge is 2.04. The van der Waals surface area contributed by atoms with Gasteiger partial charge in [0, 0.05) is 12.3 Å². The van der Waals surface area contributed by atoms with Crippen molar-refractivity contribution in [1.29, 1.82) is 0 Å². The smallest absolute Gasteiger partial charge is 0.178 e. The van der Waals surface area contributed by atoms with Gasteiger partial charge in [0.2, 0.25) is 0 Å². The van der Waals surface area contributed by atoms with Gasteiger partial charge in [-0.1, -0.05) is 0 Å². The Labute approximate surface area is 74.2 Å². The average Bonchev–Trinajstić information content (AvgIpc) is 2.47. The third-order valence-electron chi connectivity index (χ3n) is 1.53. The number of nitrogens with two attached hydrogens (primary N) is 2. The lowest BCUT2D eigenvalue weighted by Crippen LogP contribution is -2.04. The average molecular weight is 176 g/mol. The second-order valence-electron chi connectivity index (χ2n) is 2.49. The lowest BCUT2D eigenvalue weighted by atomic mass is 10.5. The summed E-state index contributed by atoms with van der Waals surface area (Å²) >= 11 is 0. The van der Waals surface area contributed by atoms with Crippen LogP contribution in [0.1, 0.15) is 0 Å². The molecule has 0 aromatic carbocycles. The fourth-order valence-electron chi connectivity index (χ4n) is 1.00. The second-order valence-corrected chi connectivity index (χ2v) is 2.49. The lowest BCUT2D eigenvalue weighted by molar-refractivity contribution is 0.826. The van der Waals surface area contributed by atoms with Gasteiger partial charge in [-0.2, -0.15) is 9.78 Å². The minimum atomic E-state index is 0.364. The Morgan fingerprint density at radius 2 is 2.15 bits per heavy atom. The minimum Gasteiger partial charge on any atom is -0.383 e. The van der Waals surface area contributed by atoms with E-state index in [1.807, 2.05) is 0 Å². The van der Waals surface area contributed by atoms with Crippen LogP contribution in [0.15, 0.2) is 24.4 Å². The molecule has 0 bridgehead atoms. The summed E-state index contributed by atoms with van der Waals surface area (Å²) in [5, 5.41) is 11.5. The fourth-order valence-corrected chi connectivity index (χ4v) is 1.00. The maximum Gasteiger partial charge on any atom is 0.178 e. The zero-order chi connectivity index (χ0) is 9.26. The van der Waals surface area contributed by atoms with Gasteiger partial charge in [0.15, 0.2) is 5.82 Å². The molecule has 13 heavy (non-hydrogen) atoms. The summed E-state index contributed by atoms with van der Waals surface area (Å²) in [4.78, 5) is 0. The molecule has 0 radical (unpaired) electrons. The van der Waals surface area contributed by atoms with Crippen LogP contribution >= 0.6 is 0 Å². The zero-order valence-electron chi connectivity index (χ0n) is 6.75. The first-order valence-corrected chi connectivity index (χ1v) is 3.66.